The summed E-state index contributed by atoms with van der Waals surface area (Å²) in [6.07, 6.45) is 11.7. The SMILES string of the molecule is CCOP(=O)(Cc1ccc(/C=C/c2nc(/C=C/c3ccc(CP(=O)(OCC)OCC)cc3)nc(/C=C/c3ccc(CP(=O)(OCC)OCC)cc3)n2)cc1)OCC. The second kappa shape index (κ2) is 23.1. The van der Waals surface area contributed by atoms with Gasteiger partial charge in [0, 0.05) is 0 Å². The van der Waals surface area contributed by atoms with Gasteiger partial charge in [-0.1, -0.05) is 91.0 Å². The van der Waals surface area contributed by atoms with Crippen LogP contribution in [0.3, 0.4) is 0 Å². The Morgan fingerprint density at radius 1 is 0.368 bits per heavy atom. The molecule has 0 amide bonds. The van der Waals surface area contributed by atoms with E-state index in [9.17, 15) is 13.7 Å². The van der Waals surface area contributed by atoms with Crippen molar-refractivity contribution in [1.29, 1.82) is 0 Å². The zero-order valence-electron chi connectivity index (χ0n) is 33.6. The summed E-state index contributed by atoms with van der Waals surface area (Å²) in [7, 11) is -9.67. The first-order valence-corrected chi connectivity index (χ1v) is 24.3. The highest BCUT2D eigenvalue weighted by molar-refractivity contribution is 7.53. The van der Waals surface area contributed by atoms with Gasteiger partial charge in [-0.2, -0.15) is 0 Å². The van der Waals surface area contributed by atoms with Gasteiger partial charge in [0.15, 0.2) is 17.5 Å². The molecule has 4 rings (SSSR count). The molecule has 0 unspecified atom stereocenters. The van der Waals surface area contributed by atoms with Crippen molar-refractivity contribution in [3.8, 4) is 0 Å². The van der Waals surface area contributed by atoms with Crippen LogP contribution in [-0.2, 0) is 59.3 Å². The molecule has 1 aromatic heterocycles. The Labute approximate surface area is 337 Å². The minimum absolute atomic E-state index is 0.186. The maximum atomic E-state index is 13.0. The van der Waals surface area contributed by atoms with E-state index in [1.807, 2.05) is 109 Å². The molecule has 4 aromatic rings. The largest absolute Gasteiger partial charge is 0.335 e. The molecule has 12 nitrogen and oxygen atoms in total. The number of benzene rings is 3. The normalized spacial score (nSPS) is 12.7. The Kier molecular flexibility index (Phi) is 18.6. The lowest BCUT2D eigenvalue weighted by molar-refractivity contribution is 0.218. The summed E-state index contributed by atoms with van der Waals surface area (Å²) < 4.78 is 71.8. The lowest BCUT2D eigenvalue weighted by Gasteiger charge is -2.16. The van der Waals surface area contributed by atoms with E-state index in [0.29, 0.717) is 57.1 Å². The molecule has 3 aromatic carbocycles. The molecular weight excluding hydrogens is 783 g/mol. The van der Waals surface area contributed by atoms with Crippen LogP contribution in [0.1, 0.15) is 92.4 Å². The Morgan fingerprint density at radius 2 is 0.579 bits per heavy atom. The fraction of sp³-hybridized carbons (Fsp3) is 0.357. The molecule has 0 bridgehead atoms. The van der Waals surface area contributed by atoms with E-state index in [4.69, 9.17) is 27.1 Å². The number of aromatic nitrogens is 3. The standard InChI is InChI=1S/C42H54N3O9P3/c1-7-49-55(46,50-8-2)31-37-19-13-34(14-20-37)25-28-40-43-41(29-26-35-15-21-38(22-16-35)32-56(47,51-9-3)52-10-4)45-42(44-40)30-27-36-17-23-39(24-18-36)33-57(48,53-11-5)54-12-6/h13-30H,7-12,31-33H2,1-6H3/b28-25+,29-26+,30-27+. The van der Waals surface area contributed by atoms with E-state index in [1.54, 1.807) is 41.5 Å². The van der Waals surface area contributed by atoms with Gasteiger partial charge in [-0.05, 0) is 93.2 Å². The van der Waals surface area contributed by atoms with E-state index in [0.717, 1.165) is 33.4 Å². The minimum Gasteiger partial charge on any atom is -0.309 e. The van der Waals surface area contributed by atoms with Crippen molar-refractivity contribution < 1.29 is 40.8 Å². The molecule has 57 heavy (non-hydrogen) atoms. The van der Waals surface area contributed by atoms with Crippen LogP contribution < -0.4 is 0 Å². The molecule has 0 saturated carbocycles. The molecule has 0 atom stereocenters. The molecule has 0 aliphatic rings. The van der Waals surface area contributed by atoms with Crippen LogP contribution >= 0.6 is 22.8 Å². The molecule has 0 spiro atoms. The van der Waals surface area contributed by atoms with Crippen molar-refractivity contribution >= 4 is 59.2 Å². The molecule has 15 heteroatoms. The Balaban J connectivity index is 1.58. The highest BCUT2D eigenvalue weighted by atomic mass is 31.2. The maximum Gasteiger partial charge on any atom is 0.335 e. The second-order valence-corrected chi connectivity index (χ2v) is 18.6. The highest BCUT2D eigenvalue weighted by Gasteiger charge is 2.25. The molecule has 0 saturated heterocycles. The van der Waals surface area contributed by atoms with Crippen LogP contribution in [0.5, 0.6) is 0 Å². The van der Waals surface area contributed by atoms with Crippen LogP contribution in [0.4, 0.5) is 0 Å². The van der Waals surface area contributed by atoms with Crippen LogP contribution in [0.2, 0.25) is 0 Å². The number of rotatable bonds is 24. The summed E-state index contributed by atoms with van der Waals surface area (Å²) in [4.78, 5) is 14.1. The third-order valence-electron chi connectivity index (χ3n) is 7.98. The van der Waals surface area contributed by atoms with Gasteiger partial charge in [-0.15, -0.1) is 0 Å². The second-order valence-electron chi connectivity index (χ2n) is 12.4. The fourth-order valence-corrected chi connectivity index (χ4v) is 10.7. The fourth-order valence-electron chi connectivity index (χ4n) is 5.60. The van der Waals surface area contributed by atoms with Crippen molar-refractivity contribution in [2.75, 3.05) is 39.6 Å². The Morgan fingerprint density at radius 3 is 0.772 bits per heavy atom. The first kappa shape index (κ1) is 46.0. The summed E-state index contributed by atoms with van der Waals surface area (Å²) in [5, 5.41) is 0. The maximum absolute atomic E-state index is 13.0. The molecule has 1 heterocycles. The van der Waals surface area contributed by atoms with Gasteiger partial charge in [0.25, 0.3) is 0 Å². The van der Waals surface area contributed by atoms with Gasteiger partial charge in [-0.25, -0.2) is 15.0 Å². The van der Waals surface area contributed by atoms with Gasteiger partial charge >= 0.3 is 22.8 Å². The highest BCUT2D eigenvalue weighted by Crippen LogP contribution is 2.52. The monoisotopic (exact) mass is 837 g/mol. The lowest BCUT2D eigenvalue weighted by atomic mass is 10.1. The Hall–Kier alpha value is -3.66. The summed E-state index contributed by atoms with van der Waals surface area (Å²) in [6.45, 7) is 12.6. The van der Waals surface area contributed by atoms with Crippen LogP contribution in [-0.4, -0.2) is 54.6 Å². The zero-order chi connectivity index (χ0) is 41.2. The minimum atomic E-state index is -3.22. The number of nitrogens with zero attached hydrogens (tertiary/aromatic N) is 3. The number of hydrogen-bond donors (Lipinski definition) is 0. The predicted octanol–water partition coefficient (Wildman–Crippen LogP) is 11.7. The third-order valence-corrected chi connectivity index (χ3v) is 14.2. The average molecular weight is 838 g/mol. The molecule has 0 aliphatic heterocycles. The first-order valence-electron chi connectivity index (χ1n) is 19.2. The van der Waals surface area contributed by atoms with Crippen molar-refractivity contribution in [3.63, 3.8) is 0 Å². The van der Waals surface area contributed by atoms with Crippen LogP contribution in [0.15, 0.2) is 72.8 Å². The van der Waals surface area contributed by atoms with E-state index < -0.39 is 22.8 Å². The molecule has 0 aliphatic carbocycles. The van der Waals surface area contributed by atoms with Crippen molar-refractivity contribution in [2.45, 2.75) is 60.0 Å². The van der Waals surface area contributed by atoms with Gasteiger partial charge in [0.05, 0.1) is 58.1 Å². The van der Waals surface area contributed by atoms with Gasteiger partial charge < -0.3 is 27.1 Å². The van der Waals surface area contributed by atoms with Gasteiger partial charge in [0.1, 0.15) is 0 Å². The van der Waals surface area contributed by atoms with E-state index in [-0.39, 0.29) is 18.5 Å². The summed E-state index contributed by atoms with van der Waals surface area (Å²) in [6, 6.07) is 22.9. The first-order chi connectivity index (χ1) is 27.4. The number of hydrogen-bond acceptors (Lipinski definition) is 12. The van der Waals surface area contributed by atoms with Crippen molar-refractivity contribution in [2.24, 2.45) is 0 Å². The molecule has 0 N–H and O–H groups in total. The van der Waals surface area contributed by atoms with E-state index in [1.165, 1.54) is 0 Å². The summed E-state index contributed by atoms with van der Waals surface area (Å²) in [5.74, 6) is 1.34. The topological polar surface area (TPSA) is 145 Å². The Bertz CT molecular complexity index is 1810. The molecule has 0 fully saturated rings. The molecular formula is C42H54N3O9P3. The molecule has 0 radical (unpaired) electrons. The summed E-state index contributed by atoms with van der Waals surface area (Å²) >= 11 is 0. The van der Waals surface area contributed by atoms with Crippen LogP contribution in [0.25, 0.3) is 36.5 Å². The summed E-state index contributed by atoms with van der Waals surface area (Å²) in [5.41, 5.74) is 5.21. The lowest BCUT2D eigenvalue weighted by Crippen LogP contribution is -1.99. The van der Waals surface area contributed by atoms with E-state index >= 15 is 0 Å². The van der Waals surface area contributed by atoms with Gasteiger partial charge in [0.2, 0.25) is 0 Å². The molecule has 306 valence electrons. The third kappa shape index (κ3) is 15.6. The van der Waals surface area contributed by atoms with Crippen LogP contribution in [0, 0.1) is 0 Å². The quantitative estimate of drug-likeness (QED) is 0.0619. The smallest absolute Gasteiger partial charge is 0.309 e. The van der Waals surface area contributed by atoms with Gasteiger partial charge in [-0.3, -0.25) is 13.7 Å². The zero-order valence-corrected chi connectivity index (χ0v) is 36.3. The van der Waals surface area contributed by atoms with Crippen molar-refractivity contribution in [1.82, 2.24) is 15.0 Å². The van der Waals surface area contributed by atoms with Crippen molar-refractivity contribution in [3.05, 3.63) is 124 Å². The van der Waals surface area contributed by atoms with E-state index in [2.05, 4.69) is 15.0 Å². The predicted molar refractivity (Wildman–Crippen MR) is 230 cm³/mol. The average Bonchev–Trinajstić information content (AvgIpc) is 3.17.